The first kappa shape index (κ1) is 30.7. The zero-order chi connectivity index (χ0) is 29.7. The van der Waals surface area contributed by atoms with Gasteiger partial charge in [0.1, 0.15) is 6.10 Å². The maximum Gasteiger partial charge on any atom is 0.426 e. The zero-order valence-corrected chi connectivity index (χ0v) is 24.6. The van der Waals surface area contributed by atoms with Gasteiger partial charge in [-0.2, -0.15) is 0 Å². The molecule has 0 radical (unpaired) electrons. The quantitative estimate of drug-likeness (QED) is 0.285. The minimum absolute atomic E-state index is 0.0195. The molecule has 3 amide bonds. The molecule has 3 atom stereocenters. The van der Waals surface area contributed by atoms with E-state index < -0.39 is 41.4 Å². The molecule has 2 aromatic rings. The Labute approximate surface area is 249 Å². The van der Waals surface area contributed by atoms with Crippen molar-refractivity contribution >= 4 is 47.1 Å². The Balaban J connectivity index is 1.62. The number of carbonyl (C=O) groups is 4. The highest BCUT2D eigenvalue weighted by atomic mass is 35.5. The number of ether oxygens (including phenoxy) is 1. The second-order valence-corrected chi connectivity index (χ2v) is 12.1. The normalized spacial score (nSPS) is 18.8. The number of amides is 3. The summed E-state index contributed by atoms with van der Waals surface area (Å²) in [6, 6.07) is 12.9. The fourth-order valence-electron chi connectivity index (χ4n) is 5.31. The Hall–Kier alpha value is -3.30. The lowest BCUT2D eigenvalue weighted by Crippen LogP contribution is -2.56. The van der Waals surface area contributed by atoms with E-state index in [0.717, 1.165) is 23.4 Å². The van der Waals surface area contributed by atoms with Crippen molar-refractivity contribution in [2.45, 2.75) is 69.9 Å². The lowest BCUT2D eigenvalue weighted by molar-refractivity contribution is -0.154. The number of carboxylic acids is 1. The molecular formula is C30H35Cl2N3O6. The SMILES string of the molecule is CC(C)CCC(=O)N(NC(=O)OC(c1ccc(Cl)cc1)C1(c2cccc(Cl)c2)CC1)[C@@H](CC1CCNC1=O)C(=O)O. The Kier molecular flexibility index (Phi) is 9.81. The third kappa shape index (κ3) is 7.51. The van der Waals surface area contributed by atoms with Gasteiger partial charge < -0.3 is 15.2 Å². The van der Waals surface area contributed by atoms with Crippen LogP contribution in [0, 0.1) is 11.8 Å². The van der Waals surface area contributed by atoms with Gasteiger partial charge in [-0.25, -0.2) is 20.0 Å². The second-order valence-electron chi connectivity index (χ2n) is 11.2. The first-order valence-corrected chi connectivity index (χ1v) is 14.6. The van der Waals surface area contributed by atoms with E-state index in [-0.39, 0.29) is 24.7 Å². The molecule has 2 aromatic carbocycles. The Morgan fingerprint density at radius 3 is 2.39 bits per heavy atom. The molecule has 2 aliphatic rings. The van der Waals surface area contributed by atoms with Crippen LogP contribution in [0.15, 0.2) is 48.5 Å². The van der Waals surface area contributed by atoms with E-state index in [1.165, 1.54) is 0 Å². The van der Waals surface area contributed by atoms with E-state index in [9.17, 15) is 24.3 Å². The van der Waals surface area contributed by atoms with Crippen LogP contribution in [-0.2, 0) is 24.5 Å². The summed E-state index contributed by atoms with van der Waals surface area (Å²) in [6.07, 6.45) is 0.523. The number of halogens is 2. The zero-order valence-electron chi connectivity index (χ0n) is 23.1. The predicted octanol–water partition coefficient (Wildman–Crippen LogP) is 5.65. The van der Waals surface area contributed by atoms with Crippen LogP contribution in [0.1, 0.15) is 69.6 Å². The van der Waals surface area contributed by atoms with Crippen molar-refractivity contribution in [3.63, 3.8) is 0 Å². The number of benzene rings is 2. The maximum absolute atomic E-state index is 13.5. The summed E-state index contributed by atoms with van der Waals surface area (Å²) in [7, 11) is 0. The van der Waals surface area contributed by atoms with Crippen molar-refractivity contribution in [3.8, 4) is 0 Å². The van der Waals surface area contributed by atoms with Crippen LogP contribution in [0.25, 0.3) is 0 Å². The topological polar surface area (TPSA) is 125 Å². The summed E-state index contributed by atoms with van der Waals surface area (Å²) >= 11 is 12.4. The first-order valence-electron chi connectivity index (χ1n) is 13.8. The molecule has 220 valence electrons. The molecule has 9 nitrogen and oxygen atoms in total. The van der Waals surface area contributed by atoms with Gasteiger partial charge in [0.15, 0.2) is 6.04 Å². The minimum atomic E-state index is -1.45. The van der Waals surface area contributed by atoms with Crippen molar-refractivity contribution in [2.24, 2.45) is 11.8 Å². The van der Waals surface area contributed by atoms with Crippen LogP contribution in [0.4, 0.5) is 4.79 Å². The standard InChI is InChI=1S/C30H35Cl2N3O6/c1-18(2)6-11-25(36)35(24(28(38)39)16-20-12-15-33-27(20)37)34-29(40)41-26(19-7-9-22(31)10-8-19)30(13-14-30)21-4-3-5-23(32)17-21/h3-5,7-10,17-18,20,24,26H,6,11-16H2,1-2H3,(H,33,37)(H,34,40)(H,38,39)/t20?,24-,26?/m0/s1. The number of hydrazine groups is 1. The second kappa shape index (κ2) is 13.1. The van der Waals surface area contributed by atoms with Gasteiger partial charge in [0.25, 0.3) is 0 Å². The Morgan fingerprint density at radius 1 is 1.12 bits per heavy atom. The number of hydrogen-bond acceptors (Lipinski definition) is 5. The van der Waals surface area contributed by atoms with Gasteiger partial charge in [-0.3, -0.25) is 9.59 Å². The van der Waals surface area contributed by atoms with E-state index in [4.69, 9.17) is 27.9 Å². The molecule has 1 heterocycles. The third-order valence-corrected chi connectivity index (χ3v) is 8.26. The summed E-state index contributed by atoms with van der Waals surface area (Å²) in [6.45, 7) is 4.32. The molecule has 0 spiro atoms. The van der Waals surface area contributed by atoms with E-state index in [0.29, 0.717) is 35.0 Å². The van der Waals surface area contributed by atoms with Crippen LogP contribution in [-0.4, -0.2) is 46.6 Å². The maximum atomic E-state index is 13.5. The van der Waals surface area contributed by atoms with Gasteiger partial charge in [-0.05, 0) is 73.4 Å². The van der Waals surface area contributed by atoms with E-state index in [1.807, 2.05) is 32.0 Å². The van der Waals surface area contributed by atoms with Crippen molar-refractivity contribution < 1.29 is 29.0 Å². The lowest BCUT2D eigenvalue weighted by Gasteiger charge is -2.32. The van der Waals surface area contributed by atoms with Gasteiger partial charge >= 0.3 is 12.1 Å². The molecule has 1 aliphatic carbocycles. The van der Waals surface area contributed by atoms with Gasteiger partial charge in [-0.1, -0.05) is 61.3 Å². The number of carboxylic acid groups (broad SMARTS) is 1. The molecule has 2 unspecified atom stereocenters. The van der Waals surface area contributed by atoms with Crippen LogP contribution < -0.4 is 10.7 Å². The molecule has 1 aliphatic heterocycles. The lowest BCUT2D eigenvalue weighted by atomic mass is 9.86. The van der Waals surface area contributed by atoms with E-state index in [1.54, 1.807) is 30.3 Å². The molecule has 2 fully saturated rings. The predicted molar refractivity (Wildman–Crippen MR) is 154 cm³/mol. The molecule has 11 heteroatoms. The van der Waals surface area contributed by atoms with Crippen molar-refractivity contribution in [1.82, 2.24) is 15.8 Å². The minimum Gasteiger partial charge on any atom is -0.480 e. The van der Waals surface area contributed by atoms with Crippen LogP contribution >= 0.6 is 23.2 Å². The fraction of sp³-hybridized carbons (Fsp3) is 0.467. The number of hydrogen-bond donors (Lipinski definition) is 3. The van der Waals surface area contributed by atoms with Gasteiger partial charge in [0.05, 0.1) is 0 Å². The molecular weight excluding hydrogens is 569 g/mol. The van der Waals surface area contributed by atoms with Gasteiger partial charge in [-0.15, -0.1) is 0 Å². The Bertz CT molecular complexity index is 1280. The molecule has 1 saturated carbocycles. The number of rotatable bonds is 11. The van der Waals surface area contributed by atoms with E-state index >= 15 is 0 Å². The van der Waals surface area contributed by atoms with Gasteiger partial charge in [0, 0.05) is 34.3 Å². The highest BCUT2D eigenvalue weighted by Crippen LogP contribution is 2.58. The number of aliphatic carboxylic acids is 1. The van der Waals surface area contributed by atoms with Crippen LogP contribution in [0.5, 0.6) is 0 Å². The summed E-state index contributed by atoms with van der Waals surface area (Å²) < 4.78 is 6.02. The summed E-state index contributed by atoms with van der Waals surface area (Å²) in [5, 5.41) is 14.7. The molecule has 0 bridgehead atoms. The van der Waals surface area contributed by atoms with Crippen LogP contribution in [0.2, 0.25) is 10.0 Å². The van der Waals surface area contributed by atoms with E-state index in [2.05, 4.69) is 10.7 Å². The molecule has 3 N–H and O–H groups in total. The fourth-order valence-corrected chi connectivity index (χ4v) is 5.62. The first-order chi connectivity index (χ1) is 19.5. The molecule has 4 rings (SSSR count). The largest absolute Gasteiger partial charge is 0.480 e. The number of nitrogens with zero attached hydrogens (tertiary/aromatic N) is 1. The van der Waals surface area contributed by atoms with Gasteiger partial charge in [0.2, 0.25) is 11.8 Å². The molecule has 41 heavy (non-hydrogen) atoms. The third-order valence-electron chi connectivity index (χ3n) is 7.77. The number of carbonyl (C=O) groups excluding carboxylic acids is 3. The Morgan fingerprint density at radius 2 is 1.83 bits per heavy atom. The van der Waals surface area contributed by atoms with Crippen molar-refractivity contribution in [2.75, 3.05) is 6.54 Å². The molecule has 0 aromatic heterocycles. The van der Waals surface area contributed by atoms with Crippen LogP contribution in [0.3, 0.4) is 0 Å². The number of nitrogens with one attached hydrogen (secondary N) is 2. The summed E-state index contributed by atoms with van der Waals surface area (Å²) in [4.78, 5) is 51.4. The average Bonchev–Trinajstić information content (AvgIpc) is 3.64. The highest BCUT2D eigenvalue weighted by Gasteiger charge is 2.54. The highest BCUT2D eigenvalue weighted by molar-refractivity contribution is 6.30. The average molecular weight is 605 g/mol. The van der Waals surface area contributed by atoms with Crippen molar-refractivity contribution in [1.29, 1.82) is 0 Å². The summed E-state index contributed by atoms with van der Waals surface area (Å²) in [5.41, 5.74) is 3.48. The molecule has 1 saturated heterocycles. The monoisotopic (exact) mass is 603 g/mol. The van der Waals surface area contributed by atoms with Crippen molar-refractivity contribution in [3.05, 3.63) is 69.7 Å². The smallest absolute Gasteiger partial charge is 0.426 e. The summed E-state index contributed by atoms with van der Waals surface area (Å²) in [5.74, 6) is -2.57.